The Hall–Kier alpha value is -4.04. The number of rotatable bonds is 50. The smallest absolute Gasteiger partial charge is 0.148 e. The van der Waals surface area contributed by atoms with Gasteiger partial charge in [0.2, 0.25) is 0 Å². The molecule has 408 valence electrons. The highest BCUT2D eigenvalue weighted by molar-refractivity contribution is 5.43. The largest absolute Gasteiger partial charge is 0.493 e. The van der Waals surface area contributed by atoms with Gasteiger partial charge < -0.3 is 29.6 Å². The first-order chi connectivity index (χ1) is 35.4. The molecule has 0 aliphatic rings. The second-order valence-corrected chi connectivity index (χ2v) is 20.9. The lowest BCUT2D eigenvalue weighted by Crippen LogP contribution is -2.25. The van der Waals surface area contributed by atoms with Gasteiger partial charge in [-0.15, -0.1) is 0 Å². The summed E-state index contributed by atoms with van der Waals surface area (Å²) in [6.45, 7) is 15.7. The minimum Gasteiger partial charge on any atom is -0.493 e. The highest BCUT2D eigenvalue weighted by Gasteiger charge is 2.18. The Kier molecular flexibility index (Phi) is 40.5. The highest BCUT2D eigenvalue weighted by atomic mass is 16.5. The Morgan fingerprint density at radius 3 is 0.722 bits per heavy atom. The van der Waals surface area contributed by atoms with Gasteiger partial charge in [0.25, 0.3) is 0 Å². The van der Waals surface area contributed by atoms with Crippen molar-refractivity contribution < 1.29 is 18.9 Å². The zero-order valence-corrected chi connectivity index (χ0v) is 47.4. The fourth-order valence-electron chi connectivity index (χ4n) is 9.35. The van der Waals surface area contributed by atoms with Crippen molar-refractivity contribution in [2.45, 2.75) is 285 Å². The number of benzene rings is 2. The molecule has 0 amide bonds. The van der Waals surface area contributed by atoms with Crippen LogP contribution in [0.1, 0.15) is 296 Å². The van der Waals surface area contributed by atoms with Gasteiger partial charge in [-0.3, -0.25) is 0 Å². The van der Waals surface area contributed by atoms with Crippen LogP contribution in [0.2, 0.25) is 0 Å². The molecule has 72 heavy (non-hydrogen) atoms. The third-order valence-electron chi connectivity index (χ3n) is 14.1. The summed E-state index contributed by atoms with van der Waals surface area (Å²) in [6.07, 6.45) is 45.5. The van der Waals surface area contributed by atoms with Crippen LogP contribution < -0.4 is 29.6 Å². The molecule has 0 saturated heterocycles. The maximum Gasteiger partial charge on any atom is 0.148 e. The van der Waals surface area contributed by atoms with Crippen LogP contribution in [0.4, 0.5) is 0 Å². The average molecular weight is 998 g/mol. The molecular formula is C64H108N4O4. The molecule has 0 saturated carbocycles. The van der Waals surface area contributed by atoms with Crippen LogP contribution in [0.5, 0.6) is 23.0 Å². The maximum atomic E-state index is 10.5. The summed E-state index contributed by atoms with van der Waals surface area (Å²) in [6, 6.07) is 16.2. The van der Waals surface area contributed by atoms with Gasteiger partial charge in [0.15, 0.2) is 0 Å². The Labute approximate surface area is 443 Å². The molecule has 2 aromatic rings. The number of hydrogen-bond acceptors (Lipinski definition) is 8. The zero-order valence-electron chi connectivity index (χ0n) is 47.4. The van der Waals surface area contributed by atoms with E-state index >= 15 is 0 Å². The van der Waals surface area contributed by atoms with Gasteiger partial charge in [-0.25, -0.2) is 0 Å². The summed E-state index contributed by atoms with van der Waals surface area (Å²) in [5.41, 5.74) is 2.25. The van der Waals surface area contributed by atoms with Crippen LogP contribution in [0, 0.1) is 22.7 Å². The number of nitrogens with one attached hydrogen (secondary N) is 2. The van der Waals surface area contributed by atoms with Crippen LogP contribution in [0.25, 0.3) is 0 Å². The van der Waals surface area contributed by atoms with Crippen molar-refractivity contribution in [3.05, 3.63) is 58.9 Å². The van der Waals surface area contributed by atoms with Gasteiger partial charge in [-0.1, -0.05) is 233 Å². The third kappa shape index (κ3) is 32.9. The second-order valence-electron chi connectivity index (χ2n) is 20.9. The molecule has 0 aliphatic carbocycles. The Balaban J connectivity index is 2.16. The minimum absolute atomic E-state index is 0.189. The predicted octanol–water partition coefficient (Wildman–Crippen LogP) is 19.6. The molecule has 2 unspecified atom stereocenters. The Morgan fingerprint density at radius 2 is 0.528 bits per heavy atom. The Morgan fingerprint density at radius 1 is 0.333 bits per heavy atom. The SMILES string of the molecule is CCCCCCCCCCCOc1cc(OCCCCCCCCCCC)cc(C(C)N/C(C#N)=C(/C#N)NC(C)c2cc(OCCCCCCCCCCC)cc(OCCCCCCCCCCC)c2)c1. The topological polar surface area (TPSA) is 109 Å². The van der Waals surface area contributed by atoms with Gasteiger partial charge in [0.05, 0.1) is 26.4 Å². The van der Waals surface area contributed by atoms with E-state index in [1.54, 1.807) is 0 Å². The Bertz CT molecular complexity index is 1510. The van der Waals surface area contributed by atoms with E-state index in [0.717, 1.165) is 85.5 Å². The zero-order chi connectivity index (χ0) is 52.0. The predicted molar refractivity (Wildman–Crippen MR) is 305 cm³/mol. The molecule has 0 spiro atoms. The van der Waals surface area contributed by atoms with Gasteiger partial charge in [0.1, 0.15) is 46.5 Å². The number of allylic oxidation sites excluding steroid dienone is 2. The molecular weight excluding hydrogens is 889 g/mol. The molecule has 2 rings (SSSR count). The number of unbranched alkanes of at least 4 members (excludes halogenated alkanes) is 32. The van der Waals surface area contributed by atoms with Crippen molar-refractivity contribution in [1.82, 2.24) is 10.6 Å². The highest BCUT2D eigenvalue weighted by Crippen LogP contribution is 2.30. The van der Waals surface area contributed by atoms with E-state index in [-0.39, 0.29) is 23.5 Å². The summed E-state index contributed by atoms with van der Waals surface area (Å²) in [5, 5.41) is 27.8. The molecule has 2 N–H and O–H groups in total. The summed E-state index contributed by atoms with van der Waals surface area (Å²) < 4.78 is 25.5. The molecule has 8 nitrogen and oxygen atoms in total. The van der Waals surface area contributed by atoms with Gasteiger partial charge in [0, 0.05) is 24.2 Å². The maximum absolute atomic E-state index is 10.5. The molecule has 0 bridgehead atoms. The summed E-state index contributed by atoms with van der Waals surface area (Å²) in [7, 11) is 0. The minimum atomic E-state index is -0.301. The van der Waals surface area contributed by atoms with Gasteiger partial charge >= 0.3 is 0 Å². The van der Waals surface area contributed by atoms with Crippen LogP contribution in [0.3, 0.4) is 0 Å². The van der Waals surface area contributed by atoms with E-state index < -0.39 is 0 Å². The van der Waals surface area contributed by atoms with E-state index in [0.29, 0.717) is 26.4 Å². The number of nitrogens with zero attached hydrogens (tertiary/aromatic N) is 2. The molecule has 0 aromatic heterocycles. The molecule has 0 radical (unpaired) electrons. The van der Waals surface area contributed by atoms with Crippen molar-refractivity contribution in [1.29, 1.82) is 10.5 Å². The van der Waals surface area contributed by atoms with E-state index in [4.69, 9.17) is 18.9 Å². The molecule has 0 heterocycles. The van der Waals surface area contributed by atoms with Gasteiger partial charge in [-0.2, -0.15) is 10.5 Å². The molecule has 2 aromatic carbocycles. The van der Waals surface area contributed by atoms with Crippen molar-refractivity contribution >= 4 is 0 Å². The molecule has 2 atom stereocenters. The van der Waals surface area contributed by atoms with Crippen LogP contribution in [0.15, 0.2) is 47.8 Å². The first kappa shape index (κ1) is 64.1. The van der Waals surface area contributed by atoms with Crippen LogP contribution >= 0.6 is 0 Å². The quantitative estimate of drug-likeness (QED) is 0.0498. The standard InChI is InChI=1S/C64H108N4O4/c1-7-11-15-19-23-27-31-35-39-43-69-59-47-57(48-60(51-59)70-44-40-36-32-28-24-20-16-12-8-2)55(5)67-63(53-65)64(54-66)68-56(6)58-49-61(71-45-41-37-33-29-25-21-17-13-9-3)52-62(50-58)72-46-42-38-34-30-26-22-18-14-10-4/h47-52,55-56,67-68H,7-46H2,1-6H3/b64-63-. The van der Waals surface area contributed by atoms with Crippen molar-refractivity contribution in [3.8, 4) is 35.1 Å². The number of ether oxygens (including phenoxy) is 4. The summed E-state index contributed by atoms with van der Waals surface area (Å²) in [5.74, 6) is 3.09. The lowest BCUT2D eigenvalue weighted by atomic mass is 10.1. The van der Waals surface area contributed by atoms with Crippen molar-refractivity contribution in [3.63, 3.8) is 0 Å². The third-order valence-corrected chi connectivity index (χ3v) is 14.1. The lowest BCUT2D eigenvalue weighted by molar-refractivity contribution is 0.288. The number of nitriles is 2. The average Bonchev–Trinajstić information content (AvgIpc) is 3.39. The second kappa shape index (κ2) is 45.6. The monoisotopic (exact) mass is 997 g/mol. The van der Waals surface area contributed by atoms with E-state index in [1.807, 2.05) is 50.2 Å². The fourth-order valence-corrected chi connectivity index (χ4v) is 9.35. The first-order valence-corrected chi connectivity index (χ1v) is 30.3. The number of hydrogen-bond donors (Lipinski definition) is 2. The molecule has 0 aliphatic heterocycles. The lowest BCUT2D eigenvalue weighted by Gasteiger charge is -2.21. The van der Waals surface area contributed by atoms with Crippen LogP contribution in [-0.2, 0) is 0 Å². The molecule has 8 heteroatoms. The van der Waals surface area contributed by atoms with E-state index in [2.05, 4.69) is 50.5 Å². The summed E-state index contributed by atoms with van der Waals surface area (Å²) in [4.78, 5) is 0. The van der Waals surface area contributed by atoms with Crippen molar-refractivity contribution in [2.24, 2.45) is 0 Å². The first-order valence-electron chi connectivity index (χ1n) is 30.3. The normalized spacial score (nSPS) is 12.4. The van der Waals surface area contributed by atoms with E-state index in [1.165, 1.54) is 180 Å². The van der Waals surface area contributed by atoms with Crippen molar-refractivity contribution in [2.75, 3.05) is 26.4 Å². The fraction of sp³-hybridized carbons (Fsp3) is 0.750. The van der Waals surface area contributed by atoms with Gasteiger partial charge in [-0.05, 0) is 74.9 Å². The molecule has 0 fully saturated rings. The van der Waals surface area contributed by atoms with E-state index in [9.17, 15) is 10.5 Å². The summed E-state index contributed by atoms with van der Waals surface area (Å²) >= 11 is 0. The van der Waals surface area contributed by atoms with Crippen LogP contribution in [-0.4, -0.2) is 26.4 Å².